The number of aliphatic hydroxyl groups excluding tert-OH is 9. The van der Waals surface area contributed by atoms with Gasteiger partial charge in [0.25, 0.3) is 0 Å². The lowest BCUT2D eigenvalue weighted by Crippen LogP contribution is -2.64. The summed E-state index contributed by atoms with van der Waals surface area (Å²) in [4.78, 5) is 125. The molecule has 0 aliphatic carbocycles. The molecule has 0 radical (unpaired) electrons. The van der Waals surface area contributed by atoms with Crippen molar-refractivity contribution in [2.45, 2.75) is 195 Å². The number of ether oxygens (including phenoxy) is 9. The highest BCUT2D eigenvalue weighted by atomic mass is 31.2. The first-order valence-electron chi connectivity index (χ1n) is 32.5. The Morgan fingerprint density at radius 2 is 0.745 bits per heavy atom. The van der Waals surface area contributed by atoms with Gasteiger partial charge in [-0.25, -0.2) is 0 Å². The third-order valence-electron chi connectivity index (χ3n) is 15.1. The number of hydrogen-bond acceptors (Lipinski definition) is 29. The molecule has 3 aliphatic heterocycles. The maximum Gasteiger partial charge on any atom is 0.325 e. The van der Waals surface area contributed by atoms with E-state index in [-0.39, 0.29) is 130 Å². The van der Waals surface area contributed by atoms with Gasteiger partial charge >= 0.3 is 7.60 Å². The molecule has 3 rings (SSSR count). The van der Waals surface area contributed by atoms with Gasteiger partial charge in [0, 0.05) is 79.3 Å². The zero-order valence-corrected chi connectivity index (χ0v) is 56.6. The topological polar surface area (TPSA) is 574 Å². The maximum absolute atomic E-state index is 13.7. The van der Waals surface area contributed by atoms with Crippen molar-refractivity contribution in [2.24, 2.45) is 0 Å². The summed E-state index contributed by atoms with van der Waals surface area (Å²) in [5.74, 6) is -5.53. The Kier molecular flexibility index (Phi) is 42.3. The maximum atomic E-state index is 13.7. The molecule has 0 aromatic heterocycles. The Morgan fingerprint density at radius 3 is 1.12 bits per heavy atom. The Morgan fingerprint density at radius 1 is 0.408 bits per heavy atom. The highest BCUT2D eigenvalue weighted by Gasteiger charge is 2.48. The highest BCUT2D eigenvalue weighted by molar-refractivity contribution is 7.51. The van der Waals surface area contributed by atoms with Crippen molar-refractivity contribution in [1.29, 1.82) is 0 Å². The second kappa shape index (κ2) is 47.7. The number of carbonyl (C=O) groups excluding carboxylic acids is 9. The molecule has 98 heavy (non-hydrogen) atoms. The summed E-state index contributed by atoms with van der Waals surface area (Å²) in [6.45, 7) is 1.66. The number of rotatable bonds is 49. The summed E-state index contributed by atoms with van der Waals surface area (Å²) >= 11 is 0. The zero-order valence-electron chi connectivity index (χ0n) is 55.7. The van der Waals surface area contributed by atoms with Crippen LogP contribution in [-0.4, -0.2) is 327 Å². The lowest BCUT2D eigenvalue weighted by molar-refractivity contribution is -0.272. The molecular weight excluding hydrogens is 1330 g/mol. The average Bonchev–Trinajstić information content (AvgIpc) is 0.824. The molecule has 9 amide bonds. The highest BCUT2D eigenvalue weighted by Crippen LogP contribution is 2.36. The minimum Gasteiger partial charge on any atom is -0.394 e. The second-order valence-electron chi connectivity index (χ2n) is 23.3. The SMILES string of the molecule is CC(=O)NC1C(OCCOCCNC(=O)CC[C@H](NC(=O)CC[C@H](NC(=O)CCCC(=O)NCCCCCCOP(C)(=O)O)C(=O)NCCOCCOC2OC(CO)C(O)C(O)C2NC(C)=O)C(=O)NCCOCCOC2OC(CO)C(O)C(O)C2NC(C)=O)OC(CO)C(O)C1O. The van der Waals surface area contributed by atoms with Crippen LogP contribution < -0.4 is 47.9 Å². The Hall–Kier alpha value is -5.34. The summed E-state index contributed by atoms with van der Waals surface area (Å²) in [6, 6.07) is -6.32. The van der Waals surface area contributed by atoms with E-state index in [0.717, 1.165) is 6.66 Å². The fourth-order valence-electron chi connectivity index (χ4n) is 10.1. The molecule has 0 aromatic carbocycles. The third-order valence-corrected chi connectivity index (χ3v) is 15.8. The van der Waals surface area contributed by atoms with Crippen molar-refractivity contribution in [2.75, 3.05) is 119 Å². The van der Waals surface area contributed by atoms with Crippen LogP contribution >= 0.6 is 7.60 Å². The molecule has 0 aromatic rings. The van der Waals surface area contributed by atoms with E-state index in [0.29, 0.717) is 32.2 Å². The molecule has 16 unspecified atom stereocenters. The van der Waals surface area contributed by atoms with Gasteiger partial charge in [-0.1, -0.05) is 12.8 Å². The molecule has 3 saturated heterocycles. The van der Waals surface area contributed by atoms with Gasteiger partial charge in [0.05, 0.1) is 85.9 Å². The standard InChI is InChI=1S/C58H104N9O30P/c1-33(71)63-45-51(81)48(78)38(30-68)95-56(45)91-27-24-88-21-17-60-42(75)14-12-36(54(84)61-18-22-89-25-28-92-57-46(64-34(2)72)52(82)49(79)39(31-69)96-57)67-44(77)15-13-37(66-43(76)11-9-10-41(74)59-16-7-5-6-8-20-94-98(4,86)87)55(85)62-19-23-90-26-29-93-58-47(65-35(3)73)53(83)50(80)40(32-70)97-58/h36-40,45-53,56-58,68-70,78-83H,5-32H2,1-4H3,(H,59,74)(H,60,75)(H,61,84)(H,62,85)(H,63,71)(H,64,72)(H,65,73)(H,66,76)(H,67,77)(H,86,87)/t36-,37-,38?,39?,40?,45?,46?,47?,48?,49?,50?,51?,52?,53?,56?,57?,58?/m0/s1. The van der Waals surface area contributed by atoms with Crippen LogP contribution in [0.1, 0.15) is 91.4 Å². The minimum absolute atomic E-state index is 0.0391. The van der Waals surface area contributed by atoms with E-state index in [1.165, 1.54) is 20.8 Å². The van der Waals surface area contributed by atoms with Gasteiger partial charge in [-0.3, -0.25) is 47.7 Å². The number of aliphatic hydroxyl groups is 9. The molecule has 566 valence electrons. The Balaban J connectivity index is 1.64. The Bertz CT molecular complexity index is 2460. The predicted molar refractivity (Wildman–Crippen MR) is 335 cm³/mol. The van der Waals surface area contributed by atoms with E-state index < -0.39 is 185 Å². The van der Waals surface area contributed by atoms with E-state index in [2.05, 4.69) is 47.9 Å². The second-order valence-corrected chi connectivity index (χ2v) is 25.1. The van der Waals surface area contributed by atoms with Crippen LogP contribution in [0.4, 0.5) is 0 Å². The van der Waals surface area contributed by atoms with Gasteiger partial charge in [0.1, 0.15) is 85.1 Å². The van der Waals surface area contributed by atoms with Gasteiger partial charge in [0.2, 0.25) is 53.2 Å². The van der Waals surface area contributed by atoms with E-state index in [1.54, 1.807) is 0 Å². The molecule has 19 N–H and O–H groups in total. The first-order chi connectivity index (χ1) is 46.6. The van der Waals surface area contributed by atoms with Crippen LogP contribution in [0.5, 0.6) is 0 Å². The molecule has 18 atom stereocenters. The lowest BCUT2D eigenvalue weighted by atomic mass is 9.97. The van der Waals surface area contributed by atoms with Gasteiger partial charge in [-0.05, 0) is 32.1 Å². The van der Waals surface area contributed by atoms with Crippen molar-refractivity contribution in [3.8, 4) is 0 Å². The molecule has 39 nitrogen and oxygen atoms in total. The van der Waals surface area contributed by atoms with Crippen molar-refractivity contribution in [3.63, 3.8) is 0 Å². The van der Waals surface area contributed by atoms with E-state index in [1.807, 2.05) is 0 Å². The molecule has 3 aliphatic rings. The summed E-state index contributed by atoms with van der Waals surface area (Å²) in [5, 5.41) is 114. The fraction of sp³-hybridized carbons (Fsp3) is 0.845. The van der Waals surface area contributed by atoms with E-state index >= 15 is 0 Å². The van der Waals surface area contributed by atoms with E-state index in [4.69, 9.17) is 47.2 Å². The largest absolute Gasteiger partial charge is 0.394 e. The van der Waals surface area contributed by atoms with Crippen LogP contribution in [0, 0.1) is 0 Å². The van der Waals surface area contributed by atoms with Crippen molar-refractivity contribution >= 4 is 60.8 Å². The van der Waals surface area contributed by atoms with Crippen LogP contribution in [0.25, 0.3) is 0 Å². The van der Waals surface area contributed by atoms with Gasteiger partial charge in [-0.15, -0.1) is 0 Å². The van der Waals surface area contributed by atoms with E-state index in [9.17, 15) is 98.6 Å². The fourth-order valence-corrected chi connectivity index (χ4v) is 10.5. The molecule has 0 bridgehead atoms. The van der Waals surface area contributed by atoms with Gasteiger partial charge in [0.15, 0.2) is 18.9 Å². The summed E-state index contributed by atoms with van der Waals surface area (Å²) in [6.07, 6.45) is -15.7. The molecule has 40 heteroatoms. The van der Waals surface area contributed by atoms with Crippen LogP contribution in [0.15, 0.2) is 0 Å². The zero-order chi connectivity index (χ0) is 72.7. The Labute approximate surface area is 566 Å². The average molecular weight is 1440 g/mol. The number of amides is 9. The third kappa shape index (κ3) is 33.9. The molecule has 0 spiro atoms. The summed E-state index contributed by atoms with van der Waals surface area (Å²) in [7, 11) is -3.56. The normalized spacial score (nSPS) is 26.7. The lowest BCUT2D eigenvalue weighted by Gasteiger charge is -2.42. The molecule has 0 saturated carbocycles. The van der Waals surface area contributed by atoms with Crippen molar-refractivity contribution < 1.29 is 146 Å². The molecular formula is C58H104N9O30P. The molecule has 3 heterocycles. The van der Waals surface area contributed by atoms with Crippen LogP contribution in [0.2, 0.25) is 0 Å². The summed E-state index contributed by atoms with van der Waals surface area (Å²) in [5.41, 5.74) is 0. The smallest absolute Gasteiger partial charge is 0.325 e. The predicted octanol–water partition coefficient (Wildman–Crippen LogP) is -8.53. The van der Waals surface area contributed by atoms with Crippen molar-refractivity contribution in [1.82, 2.24) is 47.9 Å². The van der Waals surface area contributed by atoms with Crippen LogP contribution in [-0.2, 0) is 94.9 Å². The number of unbranched alkanes of at least 4 members (excludes halogenated alkanes) is 3. The first-order valence-corrected chi connectivity index (χ1v) is 34.5. The summed E-state index contributed by atoms with van der Waals surface area (Å²) < 4.78 is 66.3. The van der Waals surface area contributed by atoms with Crippen LogP contribution in [0.3, 0.4) is 0 Å². The number of hydrogen-bond donors (Lipinski definition) is 19. The number of carbonyl (C=O) groups is 9. The quantitative estimate of drug-likeness (QED) is 0.0199. The van der Waals surface area contributed by atoms with Crippen molar-refractivity contribution in [3.05, 3.63) is 0 Å². The minimum atomic E-state index is -3.56. The monoisotopic (exact) mass is 1440 g/mol. The first kappa shape index (κ1) is 86.9. The van der Waals surface area contributed by atoms with Gasteiger partial charge < -0.3 is 146 Å². The van der Waals surface area contributed by atoms with Gasteiger partial charge in [-0.2, -0.15) is 0 Å². The number of nitrogens with one attached hydrogen (secondary N) is 9. The molecule has 3 fully saturated rings.